The Hall–Kier alpha value is -2.87. The Labute approximate surface area is 161 Å². The van der Waals surface area contributed by atoms with Gasteiger partial charge in [0, 0.05) is 17.3 Å². The topological polar surface area (TPSA) is 20.3 Å². The number of rotatable bonds is 5. The molecule has 2 nitrogen and oxygen atoms in total. The Morgan fingerprint density at radius 2 is 1.37 bits per heavy atom. The summed E-state index contributed by atoms with van der Waals surface area (Å²) in [6, 6.07) is 28.6. The second kappa shape index (κ2) is 7.40. The van der Waals surface area contributed by atoms with Crippen LogP contribution < -0.4 is 4.90 Å². The molecular formula is C25H25NO. The van der Waals surface area contributed by atoms with Crippen molar-refractivity contribution in [3.63, 3.8) is 0 Å². The number of nitrogens with zero attached hydrogens (tertiary/aromatic N) is 1. The second-order valence-electron chi connectivity index (χ2n) is 7.55. The predicted molar refractivity (Wildman–Crippen MR) is 111 cm³/mol. The molecule has 1 amide bonds. The SMILES string of the molecule is Cc1ccc([C@@H]2C[C@H]2[C@H](C)C(=O)N(c2ccccc2)c2ccccc2)cc1. The molecule has 136 valence electrons. The first-order chi connectivity index (χ1) is 13.1. The number of aryl methyl sites for hydroxylation is 1. The lowest BCUT2D eigenvalue weighted by atomic mass is 9.98. The van der Waals surface area contributed by atoms with Crippen LogP contribution in [0.2, 0.25) is 0 Å². The van der Waals surface area contributed by atoms with Crippen molar-refractivity contribution in [2.45, 2.75) is 26.2 Å². The standard InChI is InChI=1S/C25H25NO/c1-18-13-15-20(16-14-18)24-17-23(24)19(2)25(27)26(21-9-5-3-6-10-21)22-11-7-4-8-12-22/h3-16,19,23-24H,17H2,1-2H3/t19-,23-,24-/m0/s1. The van der Waals surface area contributed by atoms with Crippen LogP contribution in [-0.2, 0) is 4.79 Å². The van der Waals surface area contributed by atoms with E-state index in [2.05, 4.69) is 38.1 Å². The molecule has 0 radical (unpaired) electrons. The van der Waals surface area contributed by atoms with Crippen LogP contribution in [0.3, 0.4) is 0 Å². The molecular weight excluding hydrogens is 330 g/mol. The fraction of sp³-hybridized carbons (Fsp3) is 0.240. The molecule has 3 aromatic rings. The molecule has 0 aliphatic heterocycles. The summed E-state index contributed by atoms with van der Waals surface area (Å²) in [7, 11) is 0. The first-order valence-corrected chi connectivity index (χ1v) is 9.66. The number of carbonyl (C=O) groups is 1. The average molecular weight is 355 g/mol. The highest BCUT2D eigenvalue weighted by Gasteiger charge is 2.45. The predicted octanol–water partition coefficient (Wildman–Crippen LogP) is 6.10. The van der Waals surface area contributed by atoms with E-state index in [1.807, 2.05) is 65.6 Å². The monoisotopic (exact) mass is 355 g/mol. The van der Waals surface area contributed by atoms with E-state index in [0.29, 0.717) is 11.8 Å². The Morgan fingerprint density at radius 1 is 0.852 bits per heavy atom. The van der Waals surface area contributed by atoms with E-state index in [4.69, 9.17) is 0 Å². The van der Waals surface area contributed by atoms with Gasteiger partial charge in [0.1, 0.15) is 0 Å². The molecule has 3 atom stereocenters. The third-order valence-corrected chi connectivity index (χ3v) is 5.63. The molecule has 1 aliphatic rings. The van der Waals surface area contributed by atoms with E-state index >= 15 is 0 Å². The van der Waals surface area contributed by atoms with Gasteiger partial charge in [-0.3, -0.25) is 9.69 Å². The third-order valence-electron chi connectivity index (χ3n) is 5.63. The number of carbonyl (C=O) groups excluding carboxylic acids is 1. The van der Waals surface area contributed by atoms with Crippen molar-refractivity contribution >= 4 is 17.3 Å². The van der Waals surface area contributed by atoms with Crippen molar-refractivity contribution in [3.8, 4) is 0 Å². The van der Waals surface area contributed by atoms with E-state index in [-0.39, 0.29) is 11.8 Å². The van der Waals surface area contributed by atoms with Crippen molar-refractivity contribution < 1.29 is 4.79 Å². The number of para-hydroxylation sites is 2. The van der Waals surface area contributed by atoms with Gasteiger partial charge in [-0.25, -0.2) is 0 Å². The molecule has 0 unspecified atom stereocenters. The summed E-state index contributed by atoms with van der Waals surface area (Å²) in [5.41, 5.74) is 4.48. The lowest BCUT2D eigenvalue weighted by Crippen LogP contribution is -2.32. The molecule has 3 aromatic carbocycles. The third kappa shape index (κ3) is 3.66. The van der Waals surface area contributed by atoms with Crippen LogP contribution >= 0.6 is 0 Å². The normalized spacial score (nSPS) is 19.3. The van der Waals surface area contributed by atoms with Gasteiger partial charge in [0.15, 0.2) is 0 Å². The largest absolute Gasteiger partial charge is 0.281 e. The van der Waals surface area contributed by atoms with E-state index in [0.717, 1.165) is 17.8 Å². The molecule has 1 aliphatic carbocycles. The van der Waals surface area contributed by atoms with Gasteiger partial charge in [-0.1, -0.05) is 73.2 Å². The van der Waals surface area contributed by atoms with Crippen LogP contribution in [0.4, 0.5) is 11.4 Å². The summed E-state index contributed by atoms with van der Waals surface area (Å²) in [6.45, 7) is 4.19. The fourth-order valence-corrected chi connectivity index (χ4v) is 3.91. The molecule has 2 heteroatoms. The fourth-order valence-electron chi connectivity index (χ4n) is 3.91. The van der Waals surface area contributed by atoms with Crippen molar-refractivity contribution in [1.82, 2.24) is 0 Å². The number of amides is 1. The van der Waals surface area contributed by atoms with Crippen LogP contribution in [0, 0.1) is 18.8 Å². The van der Waals surface area contributed by atoms with Crippen molar-refractivity contribution in [2.75, 3.05) is 4.90 Å². The van der Waals surface area contributed by atoms with Crippen LogP contribution in [-0.4, -0.2) is 5.91 Å². The molecule has 0 spiro atoms. The zero-order valence-electron chi connectivity index (χ0n) is 15.9. The summed E-state index contributed by atoms with van der Waals surface area (Å²) < 4.78 is 0. The Kier molecular flexibility index (Phi) is 4.81. The minimum atomic E-state index is -0.0169. The summed E-state index contributed by atoms with van der Waals surface area (Å²) in [6.07, 6.45) is 1.09. The van der Waals surface area contributed by atoms with E-state index in [9.17, 15) is 4.79 Å². The maximum absolute atomic E-state index is 13.5. The lowest BCUT2D eigenvalue weighted by molar-refractivity contribution is -0.121. The zero-order chi connectivity index (χ0) is 18.8. The Morgan fingerprint density at radius 3 is 1.89 bits per heavy atom. The molecule has 4 rings (SSSR count). The first kappa shape index (κ1) is 17.5. The summed E-state index contributed by atoms with van der Waals surface area (Å²) in [4.78, 5) is 15.4. The molecule has 27 heavy (non-hydrogen) atoms. The van der Waals surface area contributed by atoms with Crippen LogP contribution in [0.25, 0.3) is 0 Å². The maximum atomic E-state index is 13.5. The summed E-state index contributed by atoms with van der Waals surface area (Å²) >= 11 is 0. The Bertz CT molecular complexity index is 863. The first-order valence-electron chi connectivity index (χ1n) is 9.66. The number of hydrogen-bond donors (Lipinski definition) is 0. The highest BCUT2D eigenvalue weighted by atomic mass is 16.2. The van der Waals surface area contributed by atoms with Gasteiger partial charge >= 0.3 is 0 Å². The zero-order valence-corrected chi connectivity index (χ0v) is 15.9. The number of anilines is 2. The van der Waals surface area contributed by atoms with Gasteiger partial charge in [0.2, 0.25) is 5.91 Å². The molecule has 0 heterocycles. The molecule has 0 N–H and O–H groups in total. The van der Waals surface area contributed by atoms with E-state index in [1.54, 1.807) is 0 Å². The minimum Gasteiger partial charge on any atom is -0.281 e. The average Bonchev–Trinajstić information content (AvgIpc) is 3.50. The van der Waals surface area contributed by atoms with Gasteiger partial charge in [-0.15, -0.1) is 0 Å². The number of benzene rings is 3. The highest BCUT2D eigenvalue weighted by Crippen LogP contribution is 2.52. The molecule has 1 fully saturated rings. The van der Waals surface area contributed by atoms with Crippen molar-refractivity contribution in [1.29, 1.82) is 0 Å². The van der Waals surface area contributed by atoms with Gasteiger partial charge in [0.25, 0.3) is 0 Å². The van der Waals surface area contributed by atoms with Gasteiger partial charge in [-0.2, -0.15) is 0 Å². The highest BCUT2D eigenvalue weighted by molar-refractivity contribution is 6.02. The van der Waals surface area contributed by atoms with Gasteiger partial charge in [0.05, 0.1) is 0 Å². The Balaban J connectivity index is 1.58. The van der Waals surface area contributed by atoms with Crippen LogP contribution in [0.1, 0.15) is 30.4 Å². The lowest BCUT2D eigenvalue weighted by Gasteiger charge is -2.26. The summed E-state index contributed by atoms with van der Waals surface area (Å²) in [5, 5.41) is 0. The van der Waals surface area contributed by atoms with Crippen LogP contribution in [0.15, 0.2) is 84.9 Å². The minimum absolute atomic E-state index is 0.0169. The quantitative estimate of drug-likeness (QED) is 0.541. The second-order valence-corrected chi connectivity index (χ2v) is 7.55. The maximum Gasteiger partial charge on any atom is 0.234 e. The van der Waals surface area contributed by atoms with Gasteiger partial charge in [-0.05, 0) is 55.0 Å². The van der Waals surface area contributed by atoms with Crippen molar-refractivity contribution in [2.24, 2.45) is 11.8 Å². The van der Waals surface area contributed by atoms with E-state index < -0.39 is 0 Å². The van der Waals surface area contributed by atoms with Crippen LogP contribution in [0.5, 0.6) is 0 Å². The summed E-state index contributed by atoms with van der Waals surface area (Å²) in [5.74, 6) is 1.07. The molecule has 1 saturated carbocycles. The molecule has 0 aromatic heterocycles. The van der Waals surface area contributed by atoms with Gasteiger partial charge < -0.3 is 0 Å². The smallest absolute Gasteiger partial charge is 0.234 e. The molecule has 0 saturated heterocycles. The van der Waals surface area contributed by atoms with Crippen molar-refractivity contribution in [3.05, 3.63) is 96.1 Å². The molecule has 0 bridgehead atoms. The number of hydrogen-bond acceptors (Lipinski definition) is 1. The van der Waals surface area contributed by atoms with E-state index in [1.165, 1.54) is 11.1 Å².